The molecule has 0 bridgehead atoms. The summed E-state index contributed by atoms with van der Waals surface area (Å²) >= 11 is 0. The summed E-state index contributed by atoms with van der Waals surface area (Å²) in [5, 5.41) is 47.8. The monoisotopic (exact) mass is 308 g/mol. The predicted molar refractivity (Wildman–Crippen MR) is 66.4 cm³/mol. The van der Waals surface area contributed by atoms with E-state index in [4.69, 9.17) is 14.6 Å². The van der Waals surface area contributed by atoms with E-state index in [1.807, 2.05) is 0 Å². The van der Waals surface area contributed by atoms with Gasteiger partial charge in [0.05, 0.1) is 25.0 Å². The van der Waals surface area contributed by atoms with Crippen molar-refractivity contribution < 1.29 is 44.5 Å². The third kappa shape index (κ3) is 3.90. The van der Waals surface area contributed by atoms with Gasteiger partial charge in [-0.3, -0.25) is 0 Å². The summed E-state index contributed by atoms with van der Waals surface area (Å²) in [6.45, 7) is 2.37. The second kappa shape index (κ2) is 7.16. The van der Waals surface area contributed by atoms with Crippen molar-refractivity contribution in [2.75, 3.05) is 13.2 Å². The quantitative estimate of drug-likeness (QED) is 0.162. The average molecular weight is 308 g/mol. The van der Waals surface area contributed by atoms with Gasteiger partial charge in [-0.15, -0.1) is 0 Å². The first-order valence-electron chi connectivity index (χ1n) is 6.33. The fourth-order valence-corrected chi connectivity index (χ4v) is 1.69. The first-order valence-corrected chi connectivity index (χ1v) is 6.33. The number of hydrogen-bond donors (Lipinski definition) is 5. The highest BCUT2D eigenvalue weighted by Crippen LogP contribution is 2.29. The molecule has 1 fully saturated rings. The summed E-state index contributed by atoms with van der Waals surface area (Å²) in [7, 11) is 0. The number of carbonyl (C=O) groups is 1. The minimum atomic E-state index is -2.72. The third-order valence-corrected chi connectivity index (χ3v) is 2.93. The zero-order valence-corrected chi connectivity index (χ0v) is 11.7. The molecule has 5 atom stereocenters. The summed E-state index contributed by atoms with van der Waals surface area (Å²) in [5.74, 6) is -3.43. The Bertz CT molecular complexity index is 394. The molecule has 1 aliphatic rings. The maximum Gasteiger partial charge on any atom is 0.354 e. The maximum atomic E-state index is 11.4. The van der Waals surface area contributed by atoms with E-state index in [9.17, 15) is 25.2 Å². The fraction of sp³-hybridized carbons (Fsp3) is 0.750. The minimum Gasteiger partial charge on any atom is -0.463 e. The molecule has 0 unspecified atom stereocenters. The number of esters is 1. The lowest BCUT2D eigenvalue weighted by Gasteiger charge is -2.43. The summed E-state index contributed by atoms with van der Waals surface area (Å²) in [6.07, 6.45) is -6.01. The van der Waals surface area contributed by atoms with E-state index in [2.05, 4.69) is 4.74 Å². The highest BCUT2D eigenvalue weighted by molar-refractivity contribution is 5.87. The second-order valence-corrected chi connectivity index (χ2v) is 4.53. The van der Waals surface area contributed by atoms with E-state index in [0.29, 0.717) is 0 Å². The number of hydrogen-bond acceptors (Lipinski definition) is 9. The molecular formula is C12H20O9. The van der Waals surface area contributed by atoms with Crippen LogP contribution in [0.1, 0.15) is 13.8 Å². The third-order valence-electron chi connectivity index (χ3n) is 2.93. The van der Waals surface area contributed by atoms with Crippen molar-refractivity contribution in [3.8, 4) is 0 Å². The van der Waals surface area contributed by atoms with Crippen molar-refractivity contribution in [2.24, 2.45) is 0 Å². The van der Waals surface area contributed by atoms with Crippen LogP contribution in [-0.4, -0.2) is 75.1 Å². The SMILES string of the molecule is CCOC(=O)/C(C)=C/O[C@@]1(O)O[C@H](CO)[C@H](O)[C@H](O)[C@H]1O. The Balaban J connectivity index is 2.84. The Labute approximate surface area is 121 Å². The maximum absolute atomic E-state index is 11.4. The molecule has 0 amide bonds. The lowest BCUT2D eigenvalue weighted by Crippen LogP contribution is -2.65. The summed E-state index contributed by atoms with van der Waals surface area (Å²) in [6, 6.07) is 0. The summed E-state index contributed by atoms with van der Waals surface area (Å²) < 4.78 is 14.3. The van der Waals surface area contributed by atoms with Crippen LogP contribution in [0.2, 0.25) is 0 Å². The van der Waals surface area contributed by atoms with Gasteiger partial charge in [-0.1, -0.05) is 0 Å². The Morgan fingerprint density at radius 3 is 2.48 bits per heavy atom. The average Bonchev–Trinajstić information content (AvgIpc) is 2.47. The molecule has 1 heterocycles. The Kier molecular flexibility index (Phi) is 6.08. The van der Waals surface area contributed by atoms with Crippen LogP contribution in [0.15, 0.2) is 11.8 Å². The van der Waals surface area contributed by atoms with E-state index < -0.39 is 43.0 Å². The molecule has 0 aromatic carbocycles. The van der Waals surface area contributed by atoms with E-state index in [1.54, 1.807) is 6.92 Å². The molecule has 0 aliphatic carbocycles. The van der Waals surface area contributed by atoms with Gasteiger partial charge >= 0.3 is 11.9 Å². The van der Waals surface area contributed by atoms with Crippen molar-refractivity contribution in [2.45, 2.75) is 44.2 Å². The van der Waals surface area contributed by atoms with Gasteiger partial charge in [0.1, 0.15) is 18.3 Å². The molecule has 122 valence electrons. The van der Waals surface area contributed by atoms with Gasteiger partial charge in [-0.05, 0) is 13.8 Å². The van der Waals surface area contributed by atoms with Gasteiger partial charge in [0, 0.05) is 0 Å². The van der Waals surface area contributed by atoms with E-state index in [0.717, 1.165) is 6.26 Å². The number of rotatable bonds is 5. The van der Waals surface area contributed by atoms with Crippen LogP contribution in [-0.2, 0) is 19.0 Å². The number of aliphatic hydroxyl groups excluding tert-OH is 4. The van der Waals surface area contributed by atoms with Crippen molar-refractivity contribution in [3.63, 3.8) is 0 Å². The number of carbonyl (C=O) groups excluding carboxylic acids is 1. The first-order chi connectivity index (χ1) is 9.76. The van der Waals surface area contributed by atoms with Gasteiger partial charge in [0.2, 0.25) is 0 Å². The van der Waals surface area contributed by atoms with E-state index in [1.165, 1.54) is 6.92 Å². The van der Waals surface area contributed by atoms with Crippen molar-refractivity contribution in [1.82, 2.24) is 0 Å². The molecule has 0 radical (unpaired) electrons. The molecule has 9 nitrogen and oxygen atoms in total. The van der Waals surface area contributed by atoms with E-state index in [-0.39, 0.29) is 12.2 Å². The Morgan fingerprint density at radius 1 is 1.33 bits per heavy atom. The van der Waals surface area contributed by atoms with Crippen molar-refractivity contribution in [3.05, 3.63) is 11.8 Å². The van der Waals surface area contributed by atoms with Crippen LogP contribution in [0.25, 0.3) is 0 Å². The lowest BCUT2D eigenvalue weighted by molar-refractivity contribution is -0.435. The zero-order valence-electron chi connectivity index (χ0n) is 11.7. The van der Waals surface area contributed by atoms with Crippen molar-refractivity contribution >= 4 is 5.97 Å². The molecule has 21 heavy (non-hydrogen) atoms. The molecule has 1 saturated heterocycles. The predicted octanol–water partition coefficient (Wildman–Crippen LogP) is -2.41. The van der Waals surface area contributed by atoms with Crippen LogP contribution in [0.4, 0.5) is 0 Å². The molecule has 9 heteroatoms. The molecule has 0 saturated carbocycles. The van der Waals surface area contributed by atoms with E-state index >= 15 is 0 Å². The van der Waals surface area contributed by atoms with Crippen LogP contribution < -0.4 is 0 Å². The molecule has 0 aromatic heterocycles. The largest absolute Gasteiger partial charge is 0.463 e. The Hall–Kier alpha value is -1.23. The van der Waals surface area contributed by atoms with Gasteiger partial charge in [0.25, 0.3) is 0 Å². The molecule has 0 aromatic rings. The normalized spacial score (nSPS) is 37.2. The molecular weight excluding hydrogens is 288 g/mol. The highest BCUT2D eigenvalue weighted by Gasteiger charge is 2.54. The standard InChI is InChI=1S/C12H20O9/c1-3-19-11(17)6(2)5-20-12(18)10(16)9(15)8(14)7(4-13)21-12/h5,7-10,13-16,18H,3-4H2,1-2H3/b6-5+/t7-,8+,9+,10-,12-/m1/s1. The fourth-order valence-electron chi connectivity index (χ4n) is 1.69. The molecule has 1 aliphatic heterocycles. The van der Waals surface area contributed by atoms with Crippen LogP contribution in [0.3, 0.4) is 0 Å². The van der Waals surface area contributed by atoms with Gasteiger partial charge < -0.3 is 39.7 Å². The lowest BCUT2D eigenvalue weighted by atomic mass is 9.98. The first kappa shape index (κ1) is 17.8. The van der Waals surface area contributed by atoms with Crippen molar-refractivity contribution in [1.29, 1.82) is 0 Å². The summed E-state index contributed by atoms with van der Waals surface area (Å²) in [4.78, 5) is 11.4. The number of aliphatic hydroxyl groups is 5. The van der Waals surface area contributed by atoms with Crippen LogP contribution in [0.5, 0.6) is 0 Å². The van der Waals surface area contributed by atoms with Crippen LogP contribution >= 0.6 is 0 Å². The van der Waals surface area contributed by atoms with Crippen LogP contribution in [0, 0.1) is 0 Å². The van der Waals surface area contributed by atoms with Gasteiger partial charge in [-0.25, -0.2) is 4.79 Å². The van der Waals surface area contributed by atoms with Gasteiger partial charge in [-0.2, -0.15) is 0 Å². The summed E-state index contributed by atoms with van der Waals surface area (Å²) in [5.41, 5.74) is -0.0257. The molecule has 1 rings (SSSR count). The molecule has 5 N–H and O–H groups in total. The minimum absolute atomic E-state index is 0.0257. The number of ether oxygens (including phenoxy) is 3. The smallest absolute Gasteiger partial charge is 0.354 e. The zero-order chi connectivity index (χ0) is 16.2. The second-order valence-electron chi connectivity index (χ2n) is 4.53. The van der Waals surface area contributed by atoms with Gasteiger partial charge in [0.15, 0.2) is 6.10 Å². The Morgan fingerprint density at radius 2 is 1.95 bits per heavy atom. The topological polar surface area (TPSA) is 146 Å². The highest BCUT2D eigenvalue weighted by atomic mass is 16.8. The molecule has 0 spiro atoms.